The molecule has 0 radical (unpaired) electrons. The van der Waals surface area contributed by atoms with E-state index in [0.717, 1.165) is 0 Å². The van der Waals surface area contributed by atoms with Crippen molar-refractivity contribution in [1.29, 1.82) is 5.26 Å². The maximum Gasteiger partial charge on any atom is 0.326 e. The number of hydrogen-bond acceptors (Lipinski definition) is 3. The molecule has 0 bridgehead atoms. The molecule has 1 aromatic rings. The summed E-state index contributed by atoms with van der Waals surface area (Å²) in [6.07, 6.45) is 0.305. The lowest BCUT2D eigenvalue weighted by molar-refractivity contribution is -0.139. The molecule has 0 fully saturated rings. The van der Waals surface area contributed by atoms with Crippen LogP contribution in [0, 0.1) is 11.3 Å². The number of carbonyl (C=O) groups excluding carboxylic acids is 1. The molecular weight excluding hydrogens is 220 g/mol. The topological polar surface area (TPSA) is 90.2 Å². The van der Waals surface area contributed by atoms with E-state index in [9.17, 15) is 9.59 Å². The Labute approximate surface area is 98.7 Å². The lowest BCUT2D eigenvalue weighted by atomic mass is 10.1. The standard InChI is InChI=1S/C12H12N2O3/c1-2-10(12(16)17)14-11(15)9-5-3-4-8(6-9)7-13/h3-6,10H,2H2,1H3,(H,14,15)(H,16,17). The molecule has 0 heterocycles. The zero-order chi connectivity index (χ0) is 12.8. The Hall–Kier alpha value is -2.35. The highest BCUT2D eigenvalue weighted by Crippen LogP contribution is 2.05. The Kier molecular flexibility index (Phi) is 4.23. The van der Waals surface area contributed by atoms with Crippen LogP contribution < -0.4 is 5.32 Å². The van der Waals surface area contributed by atoms with Gasteiger partial charge in [0.2, 0.25) is 0 Å². The van der Waals surface area contributed by atoms with Gasteiger partial charge in [-0.1, -0.05) is 13.0 Å². The highest BCUT2D eigenvalue weighted by atomic mass is 16.4. The fourth-order valence-corrected chi connectivity index (χ4v) is 1.31. The maximum atomic E-state index is 11.7. The number of carbonyl (C=O) groups is 2. The average Bonchev–Trinajstić information content (AvgIpc) is 2.35. The van der Waals surface area contributed by atoms with Crippen molar-refractivity contribution in [2.45, 2.75) is 19.4 Å². The zero-order valence-electron chi connectivity index (χ0n) is 9.30. The quantitative estimate of drug-likeness (QED) is 0.814. The monoisotopic (exact) mass is 232 g/mol. The molecule has 2 N–H and O–H groups in total. The number of nitrogens with one attached hydrogen (secondary N) is 1. The molecular formula is C12H12N2O3. The first-order chi connectivity index (χ1) is 8.08. The van der Waals surface area contributed by atoms with Crippen LogP contribution in [0.1, 0.15) is 29.3 Å². The van der Waals surface area contributed by atoms with E-state index in [1.54, 1.807) is 19.1 Å². The number of amides is 1. The van der Waals surface area contributed by atoms with Gasteiger partial charge in [0.05, 0.1) is 11.6 Å². The van der Waals surface area contributed by atoms with Crippen molar-refractivity contribution in [2.24, 2.45) is 0 Å². The lowest BCUT2D eigenvalue weighted by Gasteiger charge is -2.12. The van der Waals surface area contributed by atoms with E-state index < -0.39 is 17.9 Å². The Morgan fingerprint density at radius 1 is 1.53 bits per heavy atom. The van der Waals surface area contributed by atoms with E-state index in [1.165, 1.54) is 12.1 Å². The van der Waals surface area contributed by atoms with E-state index in [-0.39, 0.29) is 5.56 Å². The summed E-state index contributed by atoms with van der Waals surface area (Å²) in [4.78, 5) is 22.5. The second-order valence-electron chi connectivity index (χ2n) is 3.47. The van der Waals surface area contributed by atoms with E-state index >= 15 is 0 Å². The predicted molar refractivity (Wildman–Crippen MR) is 60.3 cm³/mol. The maximum absolute atomic E-state index is 11.7. The second-order valence-corrected chi connectivity index (χ2v) is 3.47. The van der Waals surface area contributed by atoms with Gasteiger partial charge < -0.3 is 10.4 Å². The minimum Gasteiger partial charge on any atom is -0.480 e. The van der Waals surface area contributed by atoms with Crippen LogP contribution in [-0.2, 0) is 4.79 Å². The largest absolute Gasteiger partial charge is 0.480 e. The van der Waals surface area contributed by atoms with Crippen LogP contribution >= 0.6 is 0 Å². The minimum absolute atomic E-state index is 0.281. The van der Waals surface area contributed by atoms with E-state index in [0.29, 0.717) is 12.0 Å². The van der Waals surface area contributed by atoms with Crippen molar-refractivity contribution in [3.63, 3.8) is 0 Å². The normalized spacial score (nSPS) is 11.3. The van der Waals surface area contributed by atoms with Crippen LogP contribution in [0.15, 0.2) is 24.3 Å². The molecule has 17 heavy (non-hydrogen) atoms. The van der Waals surface area contributed by atoms with Gasteiger partial charge in [0.15, 0.2) is 0 Å². The summed E-state index contributed by atoms with van der Waals surface area (Å²) in [6.45, 7) is 1.67. The molecule has 0 aliphatic heterocycles. The SMILES string of the molecule is CCC(NC(=O)c1cccc(C#N)c1)C(=O)O. The number of benzene rings is 1. The van der Waals surface area contributed by atoms with Gasteiger partial charge in [0.25, 0.3) is 5.91 Å². The molecule has 0 aliphatic carbocycles. The van der Waals surface area contributed by atoms with Crippen LogP contribution in [-0.4, -0.2) is 23.0 Å². The number of rotatable bonds is 4. The Bertz CT molecular complexity index is 477. The lowest BCUT2D eigenvalue weighted by Crippen LogP contribution is -2.40. The molecule has 0 aliphatic rings. The van der Waals surface area contributed by atoms with Gasteiger partial charge >= 0.3 is 5.97 Å². The van der Waals surface area contributed by atoms with Gasteiger partial charge in [0.1, 0.15) is 6.04 Å². The summed E-state index contributed by atoms with van der Waals surface area (Å²) in [5.41, 5.74) is 0.643. The van der Waals surface area contributed by atoms with Crippen molar-refractivity contribution in [1.82, 2.24) is 5.32 Å². The molecule has 1 aromatic carbocycles. The van der Waals surface area contributed by atoms with Gasteiger partial charge in [-0.15, -0.1) is 0 Å². The van der Waals surface area contributed by atoms with Gasteiger partial charge in [-0.2, -0.15) is 5.26 Å². The Morgan fingerprint density at radius 2 is 2.24 bits per heavy atom. The van der Waals surface area contributed by atoms with Crippen molar-refractivity contribution in [3.05, 3.63) is 35.4 Å². The number of nitriles is 1. The third kappa shape index (κ3) is 3.31. The van der Waals surface area contributed by atoms with Crippen molar-refractivity contribution in [3.8, 4) is 6.07 Å². The molecule has 5 heteroatoms. The van der Waals surface area contributed by atoms with Gasteiger partial charge in [0, 0.05) is 5.56 Å². The molecule has 0 aromatic heterocycles. The van der Waals surface area contributed by atoms with E-state index in [4.69, 9.17) is 10.4 Å². The first-order valence-corrected chi connectivity index (χ1v) is 5.12. The van der Waals surface area contributed by atoms with Crippen LogP contribution in [0.5, 0.6) is 0 Å². The third-order valence-electron chi connectivity index (χ3n) is 2.27. The molecule has 1 amide bonds. The molecule has 0 saturated heterocycles. The van der Waals surface area contributed by atoms with Crippen molar-refractivity contribution in [2.75, 3.05) is 0 Å². The molecule has 1 atom stereocenters. The number of carboxylic acid groups (broad SMARTS) is 1. The summed E-state index contributed by atoms with van der Waals surface area (Å²) in [6, 6.07) is 7.11. The summed E-state index contributed by atoms with van der Waals surface area (Å²) in [5, 5.41) is 19.9. The number of nitrogens with zero attached hydrogens (tertiary/aromatic N) is 1. The van der Waals surface area contributed by atoms with E-state index in [1.807, 2.05) is 6.07 Å². The zero-order valence-corrected chi connectivity index (χ0v) is 9.30. The number of hydrogen-bond donors (Lipinski definition) is 2. The Balaban J connectivity index is 2.83. The van der Waals surface area contributed by atoms with Crippen LogP contribution in [0.3, 0.4) is 0 Å². The molecule has 0 saturated carbocycles. The second kappa shape index (κ2) is 5.66. The smallest absolute Gasteiger partial charge is 0.326 e. The third-order valence-corrected chi connectivity index (χ3v) is 2.27. The molecule has 1 rings (SSSR count). The first-order valence-electron chi connectivity index (χ1n) is 5.12. The molecule has 1 unspecified atom stereocenters. The molecule has 88 valence electrons. The van der Waals surface area contributed by atoms with Gasteiger partial charge in [-0.25, -0.2) is 4.79 Å². The number of carboxylic acids is 1. The van der Waals surface area contributed by atoms with Gasteiger partial charge in [-0.05, 0) is 24.6 Å². The molecule has 5 nitrogen and oxygen atoms in total. The van der Waals surface area contributed by atoms with Crippen LogP contribution in [0.2, 0.25) is 0 Å². The van der Waals surface area contributed by atoms with E-state index in [2.05, 4.69) is 5.32 Å². The Morgan fingerprint density at radius 3 is 2.76 bits per heavy atom. The van der Waals surface area contributed by atoms with Crippen LogP contribution in [0.4, 0.5) is 0 Å². The number of aliphatic carboxylic acids is 1. The van der Waals surface area contributed by atoms with Crippen LogP contribution in [0.25, 0.3) is 0 Å². The summed E-state index contributed by atoms with van der Waals surface area (Å²) < 4.78 is 0. The molecule has 0 spiro atoms. The van der Waals surface area contributed by atoms with Crippen molar-refractivity contribution >= 4 is 11.9 Å². The predicted octanol–water partition coefficient (Wildman–Crippen LogP) is 1.15. The fourth-order valence-electron chi connectivity index (χ4n) is 1.31. The fraction of sp³-hybridized carbons (Fsp3) is 0.250. The van der Waals surface area contributed by atoms with Gasteiger partial charge in [-0.3, -0.25) is 4.79 Å². The summed E-state index contributed by atoms with van der Waals surface area (Å²) in [7, 11) is 0. The first kappa shape index (κ1) is 12.7. The summed E-state index contributed by atoms with van der Waals surface area (Å²) >= 11 is 0. The van der Waals surface area contributed by atoms with Crippen molar-refractivity contribution < 1.29 is 14.7 Å². The average molecular weight is 232 g/mol. The minimum atomic E-state index is -1.07. The summed E-state index contributed by atoms with van der Waals surface area (Å²) in [5.74, 6) is -1.56. The highest BCUT2D eigenvalue weighted by Gasteiger charge is 2.18. The highest BCUT2D eigenvalue weighted by molar-refractivity contribution is 5.96.